The first-order valence-electron chi connectivity index (χ1n) is 3.89. The first-order valence-corrected chi connectivity index (χ1v) is 3.89. The first-order chi connectivity index (χ1) is 7.04. The average Bonchev–Trinajstić information content (AvgIpc) is 2.18. The second-order valence-electron chi connectivity index (χ2n) is 2.61. The van der Waals surface area contributed by atoms with Crippen molar-refractivity contribution in [3.63, 3.8) is 0 Å². The van der Waals surface area contributed by atoms with Gasteiger partial charge in [0.2, 0.25) is 6.20 Å². The van der Waals surface area contributed by atoms with Crippen molar-refractivity contribution >= 4 is 6.08 Å². The zero-order valence-electron chi connectivity index (χ0n) is 7.74. The summed E-state index contributed by atoms with van der Waals surface area (Å²) in [6, 6.07) is 1.66. The summed E-state index contributed by atoms with van der Waals surface area (Å²) >= 11 is 0. The van der Waals surface area contributed by atoms with Gasteiger partial charge in [0.25, 0.3) is 0 Å². The topological polar surface area (TPSA) is 52.4 Å². The van der Waals surface area contributed by atoms with E-state index < -0.39 is 16.6 Å². The standard InChI is InChI=1S/C9H7F2NO3/c1-15-9-5-7(10)6(4-8(9)11)2-3-12(13)14/h2-5H,1H3/b3-2+. The van der Waals surface area contributed by atoms with Crippen molar-refractivity contribution in [2.45, 2.75) is 0 Å². The molecule has 6 heteroatoms. The van der Waals surface area contributed by atoms with Gasteiger partial charge >= 0.3 is 0 Å². The van der Waals surface area contributed by atoms with Gasteiger partial charge in [-0.2, -0.15) is 0 Å². The fraction of sp³-hybridized carbons (Fsp3) is 0.111. The van der Waals surface area contributed by atoms with Crippen LogP contribution in [0.2, 0.25) is 0 Å². The van der Waals surface area contributed by atoms with Gasteiger partial charge in [-0.1, -0.05) is 0 Å². The number of ether oxygens (including phenoxy) is 1. The van der Waals surface area contributed by atoms with E-state index in [9.17, 15) is 18.9 Å². The summed E-state index contributed by atoms with van der Waals surface area (Å²) in [6.45, 7) is 0. The second kappa shape index (κ2) is 4.50. The third-order valence-corrected chi connectivity index (χ3v) is 1.65. The van der Waals surface area contributed by atoms with Crippen molar-refractivity contribution in [3.8, 4) is 5.75 Å². The predicted octanol–water partition coefficient (Wildman–Crippen LogP) is 2.22. The highest BCUT2D eigenvalue weighted by Gasteiger charge is 2.08. The molecule has 15 heavy (non-hydrogen) atoms. The summed E-state index contributed by atoms with van der Waals surface area (Å²) in [5.41, 5.74) is -0.204. The summed E-state index contributed by atoms with van der Waals surface area (Å²) in [7, 11) is 1.20. The minimum Gasteiger partial charge on any atom is -0.494 e. The second-order valence-corrected chi connectivity index (χ2v) is 2.61. The monoisotopic (exact) mass is 215 g/mol. The molecule has 0 heterocycles. The number of nitro groups is 1. The molecule has 0 spiro atoms. The van der Waals surface area contributed by atoms with Crippen LogP contribution in [-0.4, -0.2) is 12.0 Å². The van der Waals surface area contributed by atoms with Gasteiger partial charge in [-0.3, -0.25) is 10.1 Å². The maximum absolute atomic E-state index is 13.1. The zero-order chi connectivity index (χ0) is 11.4. The van der Waals surface area contributed by atoms with Crippen molar-refractivity contribution < 1.29 is 18.4 Å². The summed E-state index contributed by atoms with van der Waals surface area (Å²) in [5, 5.41) is 9.97. The van der Waals surface area contributed by atoms with Crippen molar-refractivity contribution in [1.82, 2.24) is 0 Å². The van der Waals surface area contributed by atoms with E-state index in [-0.39, 0.29) is 11.3 Å². The van der Waals surface area contributed by atoms with Crippen molar-refractivity contribution in [2.75, 3.05) is 7.11 Å². The van der Waals surface area contributed by atoms with E-state index in [1.165, 1.54) is 7.11 Å². The molecule has 0 N–H and O–H groups in total. The Balaban J connectivity index is 3.10. The molecule has 0 fully saturated rings. The first kappa shape index (κ1) is 11.1. The van der Waals surface area contributed by atoms with Crippen LogP contribution in [0.1, 0.15) is 5.56 Å². The van der Waals surface area contributed by atoms with Gasteiger partial charge < -0.3 is 4.74 Å². The molecule has 1 rings (SSSR count). The van der Waals surface area contributed by atoms with Crippen LogP contribution in [0, 0.1) is 21.7 Å². The van der Waals surface area contributed by atoms with Crippen LogP contribution >= 0.6 is 0 Å². The van der Waals surface area contributed by atoms with E-state index in [2.05, 4.69) is 4.74 Å². The number of halogens is 2. The Morgan fingerprint density at radius 3 is 2.60 bits per heavy atom. The molecule has 0 aliphatic carbocycles. The van der Waals surface area contributed by atoms with Crippen LogP contribution < -0.4 is 4.74 Å². The number of methoxy groups -OCH3 is 1. The van der Waals surface area contributed by atoms with Crippen molar-refractivity contribution in [3.05, 3.63) is 45.6 Å². The van der Waals surface area contributed by atoms with E-state index in [4.69, 9.17) is 0 Å². The molecule has 0 unspecified atom stereocenters. The summed E-state index contributed by atoms with van der Waals surface area (Å²) in [6.07, 6.45) is 1.40. The molecule has 0 aliphatic heterocycles. The SMILES string of the molecule is COc1cc(F)c(/C=C/[N+](=O)[O-])cc1F. The molecule has 0 bridgehead atoms. The minimum absolute atomic E-state index is 0.204. The lowest BCUT2D eigenvalue weighted by Gasteiger charge is -2.03. The normalized spacial score (nSPS) is 10.6. The maximum atomic E-state index is 13.1. The van der Waals surface area contributed by atoms with Gasteiger partial charge in [0.15, 0.2) is 11.6 Å². The molecule has 1 aromatic carbocycles. The fourth-order valence-electron chi connectivity index (χ4n) is 0.969. The number of hydrogen-bond acceptors (Lipinski definition) is 3. The quantitative estimate of drug-likeness (QED) is 0.573. The van der Waals surface area contributed by atoms with Crippen molar-refractivity contribution in [2.24, 2.45) is 0 Å². The smallest absolute Gasteiger partial charge is 0.235 e. The Bertz CT molecular complexity index is 418. The molecule has 0 saturated heterocycles. The van der Waals surface area contributed by atoms with Crippen molar-refractivity contribution in [1.29, 1.82) is 0 Å². The Labute approximate surface area is 83.9 Å². The van der Waals surface area contributed by atoms with Crippen LogP contribution in [-0.2, 0) is 0 Å². The van der Waals surface area contributed by atoms with Gasteiger partial charge in [0.1, 0.15) is 5.82 Å². The lowest BCUT2D eigenvalue weighted by molar-refractivity contribution is -0.400. The molecule has 0 aliphatic rings. The fourth-order valence-corrected chi connectivity index (χ4v) is 0.969. The third kappa shape index (κ3) is 2.73. The Hall–Kier alpha value is -1.98. The predicted molar refractivity (Wildman–Crippen MR) is 48.9 cm³/mol. The number of rotatable bonds is 3. The molecule has 0 radical (unpaired) electrons. The largest absolute Gasteiger partial charge is 0.494 e. The van der Waals surface area contributed by atoms with E-state index >= 15 is 0 Å². The summed E-state index contributed by atoms with van der Waals surface area (Å²) in [5.74, 6) is -1.81. The zero-order valence-corrected chi connectivity index (χ0v) is 7.74. The Morgan fingerprint density at radius 2 is 2.07 bits per heavy atom. The van der Waals surface area contributed by atoms with Crippen LogP contribution in [0.5, 0.6) is 5.75 Å². The van der Waals surface area contributed by atoms with Gasteiger partial charge in [0, 0.05) is 17.7 Å². The highest BCUT2D eigenvalue weighted by molar-refractivity contribution is 5.51. The van der Waals surface area contributed by atoms with Crippen LogP contribution in [0.4, 0.5) is 8.78 Å². The van der Waals surface area contributed by atoms with Gasteiger partial charge in [-0.05, 0) is 6.07 Å². The van der Waals surface area contributed by atoms with E-state index in [0.717, 1.165) is 18.2 Å². The number of nitrogens with zero attached hydrogens (tertiary/aromatic N) is 1. The van der Waals surface area contributed by atoms with E-state index in [0.29, 0.717) is 6.20 Å². The summed E-state index contributed by atoms with van der Waals surface area (Å²) < 4.78 is 30.7. The lowest BCUT2D eigenvalue weighted by atomic mass is 10.2. The van der Waals surface area contributed by atoms with Crippen LogP contribution in [0.3, 0.4) is 0 Å². The molecule has 4 nitrogen and oxygen atoms in total. The van der Waals surface area contributed by atoms with Crippen LogP contribution in [0.15, 0.2) is 18.3 Å². The maximum Gasteiger partial charge on any atom is 0.235 e. The van der Waals surface area contributed by atoms with Gasteiger partial charge in [0.05, 0.1) is 12.0 Å². The molecule has 0 saturated carbocycles. The minimum atomic E-state index is -0.786. The third-order valence-electron chi connectivity index (χ3n) is 1.65. The van der Waals surface area contributed by atoms with Gasteiger partial charge in [-0.15, -0.1) is 0 Å². The molecule has 0 atom stereocenters. The molecule has 0 amide bonds. The number of benzene rings is 1. The molecule has 0 aromatic heterocycles. The molecular weight excluding hydrogens is 208 g/mol. The average molecular weight is 215 g/mol. The number of hydrogen-bond donors (Lipinski definition) is 0. The lowest BCUT2D eigenvalue weighted by Crippen LogP contribution is -1.92. The van der Waals surface area contributed by atoms with E-state index in [1.807, 2.05) is 0 Å². The molecular formula is C9H7F2NO3. The Kier molecular flexibility index (Phi) is 3.33. The molecule has 80 valence electrons. The Morgan fingerprint density at radius 1 is 1.40 bits per heavy atom. The van der Waals surface area contributed by atoms with Gasteiger partial charge in [-0.25, -0.2) is 8.78 Å². The molecule has 1 aromatic rings. The highest BCUT2D eigenvalue weighted by Crippen LogP contribution is 2.21. The van der Waals surface area contributed by atoms with E-state index in [1.54, 1.807) is 0 Å². The highest BCUT2D eigenvalue weighted by atomic mass is 19.1. The summed E-state index contributed by atoms with van der Waals surface area (Å²) in [4.78, 5) is 9.21. The van der Waals surface area contributed by atoms with Crippen LogP contribution in [0.25, 0.3) is 6.08 Å².